The highest BCUT2D eigenvalue weighted by molar-refractivity contribution is 7.22. The Balaban J connectivity index is 1.27. The number of piperidine rings is 1. The molecule has 0 spiro atoms. The van der Waals surface area contributed by atoms with Gasteiger partial charge in [0.05, 0.1) is 5.56 Å². The van der Waals surface area contributed by atoms with E-state index in [9.17, 15) is 9.90 Å². The lowest BCUT2D eigenvalue weighted by atomic mass is 9.96. The van der Waals surface area contributed by atoms with Gasteiger partial charge in [-0.25, -0.2) is 4.79 Å². The minimum atomic E-state index is -0.874. The Morgan fingerprint density at radius 2 is 1.54 bits per heavy atom. The monoisotopic (exact) mass is 563 g/mol. The fourth-order valence-electron chi connectivity index (χ4n) is 5.40. The molecule has 5 aromatic rings. The van der Waals surface area contributed by atoms with E-state index in [-0.39, 0.29) is 0 Å². The Morgan fingerprint density at radius 3 is 2.34 bits per heavy atom. The highest BCUT2D eigenvalue weighted by Crippen LogP contribution is 2.46. The Morgan fingerprint density at radius 1 is 0.829 bits per heavy atom. The van der Waals surface area contributed by atoms with Crippen LogP contribution in [0.5, 0.6) is 11.5 Å². The lowest BCUT2D eigenvalue weighted by molar-refractivity contribution is 0.0735. The van der Waals surface area contributed by atoms with Crippen molar-refractivity contribution in [1.29, 1.82) is 0 Å². The van der Waals surface area contributed by atoms with Crippen LogP contribution in [0.15, 0.2) is 103 Å². The number of fused-ring (bicyclic) bond motifs is 1. The predicted molar refractivity (Wildman–Crippen MR) is 165 cm³/mol. The van der Waals surface area contributed by atoms with Crippen molar-refractivity contribution in [3.63, 3.8) is 0 Å². The molecule has 208 valence electrons. The first-order valence-electron chi connectivity index (χ1n) is 14.2. The Hall–Kier alpha value is -3.97. The summed E-state index contributed by atoms with van der Waals surface area (Å²) in [7, 11) is 0. The molecule has 1 atom stereocenters. The van der Waals surface area contributed by atoms with Crippen molar-refractivity contribution in [2.45, 2.75) is 25.4 Å². The average molecular weight is 564 g/mol. The summed E-state index contributed by atoms with van der Waals surface area (Å²) in [6.45, 7) is 3.89. The van der Waals surface area contributed by atoms with Crippen LogP contribution in [-0.2, 0) is 0 Å². The highest BCUT2D eigenvalue weighted by atomic mass is 32.1. The molecule has 1 aliphatic heterocycles. The molecular weight excluding hydrogens is 530 g/mol. The van der Waals surface area contributed by atoms with E-state index < -0.39 is 12.1 Å². The van der Waals surface area contributed by atoms with Crippen LogP contribution < -0.4 is 9.47 Å². The predicted octanol–water partition coefficient (Wildman–Crippen LogP) is 7.73. The van der Waals surface area contributed by atoms with Crippen molar-refractivity contribution in [2.75, 3.05) is 26.2 Å². The van der Waals surface area contributed by atoms with Crippen LogP contribution >= 0.6 is 11.3 Å². The first kappa shape index (κ1) is 27.2. The molecule has 1 saturated heterocycles. The van der Waals surface area contributed by atoms with E-state index in [1.165, 1.54) is 19.3 Å². The number of carbonyl (C=O) groups excluding carboxylic acids is 1. The maximum atomic E-state index is 12.9. The van der Waals surface area contributed by atoms with Crippen LogP contribution in [0.25, 0.3) is 20.5 Å². The zero-order chi connectivity index (χ0) is 28.0. The largest absolute Gasteiger partial charge is 0.492 e. The van der Waals surface area contributed by atoms with E-state index in [1.54, 1.807) is 29.5 Å². The average Bonchev–Trinajstić information content (AvgIpc) is 3.42. The smallest absolute Gasteiger partial charge is 0.343 e. The van der Waals surface area contributed by atoms with Crippen LogP contribution in [0.2, 0.25) is 0 Å². The molecule has 41 heavy (non-hydrogen) atoms. The van der Waals surface area contributed by atoms with Crippen LogP contribution in [0.4, 0.5) is 0 Å². The van der Waals surface area contributed by atoms with Crippen molar-refractivity contribution in [3.05, 3.63) is 120 Å². The number of carbonyl (C=O) groups is 1. The second-order valence-corrected chi connectivity index (χ2v) is 11.4. The molecule has 1 unspecified atom stereocenters. The molecule has 5 nitrogen and oxygen atoms in total. The molecule has 0 bridgehead atoms. The van der Waals surface area contributed by atoms with Gasteiger partial charge in [0.2, 0.25) is 0 Å². The number of nitrogens with zero attached hydrogens (tertiary/aromatic N) is 1. The lowest BCUT2D eigenvalue weighted by Crippen LogP contribution is -2.33. The van der Waals surface area contributed by atoms with E-state index >= 15 is 0 Å². The van der Waals surface area contributed by atoms with Crippen LogP contribution in [0.1, 0.15) is 46.9 Å². The van der Waals surface area contributed by atoms with Gasteiger partial charge in [-0.1, -0.05) is 67.1 Å². The molecule has 0 amide bonds. The van der Waals surface area contributed by atoms with Crippen molar-refractivity contribution in [3.8, 4) is 21.9 Å². The number of hydrogen-bond donors (Lipinski definition) is 1. The zero-order valence-corrected chi connectivity index (χ0v) is 23.7. The summed E-state index contributed by atoms with van der Waals surface area (Å²) in [6.07, 6.45) is 2.99. The molecule has 1 aliphatic rings. The van der Waals surface area contributed by atoms with E-state index in [0.717, 1.165) is 57.0 Å². The van der Waals surface area contributed by atoms with Gasteiger partial charge in [0.25, 0.3) is 0 Å². The van der Waals surface area contributed by atoms with Crippen LogP contribution in [0.3, 0.4) is 0 Å². The van der Waals surface area contributed by atoms with Crippen LogP contribution in [-0.4, -0.2) is 42.2 Å². The summed E-state index contributed by atoms with van der Waals surface area (Å²) in [5.74, 6) is 0.836. The number of para-hydroxylation sites is 1. The highest BCUT2D eigenvalue weighted by Gasteiger charge is 2.24. The summed E-state index contributed by atoms with van der Waals surface area (Å²) in [4.78, 5) is 16.3. The standard InChI is InChI=1S/C35H33NO4S/c37-33(25-17-19-27(20-18-25)39-24-23-36-21-9-2-10-22-36)32-29-14-6-8-16-31(29)41-34(32)28-13-5-7-15-30(28)40-35(38)26-11-3-1-4-12-26/h1,3-8,11-20,33,37H,2,9-10,21-24H2. The van der Waals surface area contributed by atoms with Crippen LogP contribution in [0, 0.1) is 0 Å². The maximum Gasteiger partial charge on any atom is 0.343 e. The molecule has 6 rings (SSSR count). The SMILES string of the molecule is O=C(Oc1ccccc1-c1sc2ccccc2c1C(O)c1ccc(OCCN2CCCCC2)cc1)c1ccccc1. The number of rotatable bonds is 9. The number of hydrogen-bond acceptors (Lipinski definition) is 6. The third kappa shape index (κ3) is 6.20. The summed E-state index contributed by atoms with van der Waals surface area (Å²) in [6, 6.07) is 32.3. The lowest BCUT2D eigenvalue weighted by Gasteiger charge is -2.26. The van der Waals surface area contributed by atoms with Gasteiger partial charge in [-0.2, -0.15) is 0 Å². The van der Waals surface area contributed by atoms with Gasteiger partial charge in [-0.3, -0.25) is 4.90 Å². The van der Waals surface area contributed by atoms with Gasteiger partial charge in [0.15, 0.2) is 0 Å². The summed E-state index contributed by atoms with van der Waals surface area (Å²) >= 11 is 1.58. The molecule has 1 aromatic heterocycles. The molecule has 6 heteroatoms. The molecule has 0 aliphatic carbocycles. The summed E-state index contributed by atoms with van der Waals surface area (Å²) in [5.41, 5.74) is 2.83. The summed E-state index contributed by atoms with van der Waals surface area (Å²) in [5, 5.41) is 12.7. The van der Waals surface area contributed by atoms with Gasteiger partial charge in [-0.15, -0.1) is 11.3 Å². The van der Waals surface area contributed by atoms with Gasteiger partial charge in [0, 0.05) is 27.2 Å². The minimum Gasteiger partial charge on any atom is -0.492 e. The molecule has 1 fully saturated rings. The number of benzene rings is 4. The van der Waals surface area contributed by atoms with Crippen molar-refractivity contribution in [1.82, 2.24) is 4.90 Å². The fourth-order valence-corrected chi connectivity index (χ4v) is 6.67. The van der Waals surface area contributed by atoms with E-state index in [4.69, 9.17) is 9.47 Å². The number of aliphatic hydroxyl groups is 1. The van der Waals surface area contributed by atoms with Gasteiger partial charge >= 0.3 is 5.97 Å². The normalized spacial score (nSPS) is 14.6. The van der Waals surface area contributed by atoms with Crippen molar-refractivity contribution in [2.24, 2.45) is 0 Å². The van der Waals surface area contributed by atoms with E-state index in [0.29, 0.717) is 17.9 Å². The number of thiophene rings is 1. The maximum absolute atomic E-state index is 12.9. The Labute approximate surface area is 244 Å². The number of esters is 1. The first-order valence-corrected chi connectivity index (χ1v) is 15.0. The van der Waals surface area contributed by atoms with E-state index in [2.05, 4.69) is 11.0 Å². The third-order valence-corrected chi connectivity index (χ3v) is 8.79. The molecule has 0 radical (unpaired) electrons. The van der Waals surface area contributed by atoms with Crippen molar-refractivity contribution >= 4 is 27.4 Å². The Bertz CT molecular complexity index is 1610. The van der Waals surface area contributed by atoms with E-state index in [1.807, 2.05) is 78.9 Å². The zero-order valence-electron chi connectivity index (χ0n) is 22.9. The number of aliphatic hydroxyl groups excluding tert-OH is 1. The number of ether oxygens (including phenoxy) is 2. The second-order valence-electron chi connectivity index (χ2n) is 10.3. The van der Waals surface area contributed by atoms with Gasteiger partial charge < -0.3 is 14.6 Å². The first-order chi connectivity index (χ1) is 20.2. The molecule has 1 N–H and O–H groups in total. The quantitative estimate of drug-likeness (QED) is 0.147. The number of likely N-dealkylation sites (tertiary alicyclic amines) is 1. The molecule has 4 aromatic carbocycles. The fraction of sp³-hybridized carbons (Fsp3) is 0.229. The second kappa shape index (κ2) is 12.7. The molecule has 2 heterocycles. The van der Waals surface area contributed by atoms with Gasteiger partial charge in [-0.05, 0) is 79.3 Å². The molecular formula is C35H33NO4S. The minimum absolute atomic E-state index is 0.419. The summed E-state index contributed by atoms with van der Waals surface area (Å²) < 4.78 is 13.0. The van der Waals surface area contributed by atoms with Gasteiger partial charge in [0.1, 0.15) is 24.2 Å². The third-order valence-electron chi connectivity index (χ3n) is 7.57. The topological polar surface area (TPSA) is 59.0 Å². The Kier molecular flexibility index (Phi) is 8.42. The molecule has 0 saturated carbocycles. The van der Waals surface area contributed by atoms with Crippen molar-refractivity contribution < 1.29 is 19.4 Å².